The molecule has 0 aromatic heterocycles. The fraction of sp³-hybridized carbons (Fsp3) is 0.400. The average Bonchev–Trinajstić information content (AvgIpc) is 3.42. The van der Waals surface area contributed by atoms with Gasteiger partial charge in [-0.05, 0) is 43.2 Å². The standard InChI is InChI=1S/C30H36N4O4/c1-2-3-6-16-23-27(35)32-24(19-21-12-7-4-8-13-21)28(36)33-25(20-22-14-9-5-10-15-22)30(38)34-18-11-17-26(34)29(37)31-23/h2,4-5,7-10,12-15,23-26H,1,3,6,11,16-20H2,(H,31,37)(H,32,35)(H,33,36)/t23-,24-,25-,26+/m0/s1. The van der Waals surface area contributed by atoms with E-state index in [1.54, 1.807) is 11.0 Å². The van der Waals surface area contributed by atoms with Crippen LogP contribution in [0.5, 0.6) is 0 Å². The number of hydrogen-bond donors (Lipinski definition) is 3. The van der Waals surface area contributed by atoms with Gasteiger partial charge in [-0.2, -0.15) is 0 Å². The molecule has 0 radical (unpaired) electrons. The van der Waals surface area contributed by atoms with Gasteiger partial charge in [0.2, 0.25) is 23.6 Å². The number of carbonyl (C=O) groups is 4. The van der Waals surface area contributed by atoms with E-state index >= 15 is 0 Å². The number of unbranched alkanes of at least 4 members (excludes halogenated alkanes) is 1. The van der Waals surface area contributed by atoms with Gasteiger partial charge in [0.1, 0.15) is 24.2 Å². The highest BCUT2D eigenvalue weighted by molar-refractivity contribution is 5.98. The van der Waals surface area contributed by atoms with Crippen LogP contribution in [0.1, 0.15) is 43.2 Å². The molecule has 3 N–H and O–H groups in total. The molecule has 2 fully saturated rings. The highest BCUT2D eigenvalue weighted by Gasteiger charge is 2.40. The minimum Gasteiger partial charge on any atom is -0.343 e. The van der Waals surface area contributed by atoms with E-state index in [0.717, 1.165) is 11.1 Å². The molecule has 0 unspecified atom stereocenters. The number of nitrogens with zero attached hydrogens (tertiary/aromatic N) is 1. The summed E-state index contributed by atoms with van der Waals surface area (Å²) in [6, 6.07) is 15.6. The number of nitrogens with one attached hydrogen (secondary N) is 3. The molecule has 2 aromatic carbocycles. The lowest BCUT2D eigenvalue weighted by atomic mass is 10.00. The number of benzene rings is 2. The molecule has 0 saturated carbocycles. The van der Waals surface area contributed by atoms with Crippen LogP contribution in [0.4, 0.5) is 0 Å². The molecule has 200 valence electrons. The minimum absolute atomic E-state index is 0.254. The van der Waals surface area contributed by atoms with Crippen LogP contribution >= 0.6 is 0 Å². The first-order chi connectivity index (χ1) is 18.5. The van der Waals surface area contributed by atoms with Crippen molar-refractivity contribution in [2.45, 2.75) is 69.1 Å². The summed E-state index contributed by atoms with van der Waals surface area (Å²) in [5.41, 5.74) is 1.77. The summed E-state index contributed by atoms with van der Waals surface area (Å²) in [5.74, 6) is -1.45. The smallest absolute Gasteiger partial charge is 0.246 e. The maximum atomic E-state index is 13.8. The average molecular weight is 517 g/mol. The molecule has 8 heteroatoms. The highest BCUT2D eigenvalue weighted by Crippen LogP contribution is 2.21. The molecular formula is C30H36N4O4. The Morgan fingerprint density at radius 3 is 1.95 bits per heavy atom. The van der Waals surface area contributed by atoms with Crippen molar-refractivity contribution in [2.24, 2.45) is 0 Å². The van der Waals surface area contributed by atoms with Gasteiger partial charge >= 0.3 is 0 Å². The summed E-state index contributed by atoms with van der Waals surface area (Å²) >= 11 is 0. The normalized spacial score (nSPS) is 24.4. The van der Waals surface area contributed by atoms with Crippen molar-refractivity contribution in [3.05, 3.63) is 84.4 Å². The second-order valence-corrected chi connectivity index (χ2v) is 9.97. The second-order valence-electron chi connectivity index (χ2n) is 9.97. The largest absolute Gasteiger partial charge is 0.343 e. The maximum absolute atomic E-state index is 13.8. The predicted molar refractivity (Wildman–Crippen MR) is 145 cm³/mol. The maximum Gasteiger partial charge on any atom is 0.246 e. The molecule has 0 bridgehead atoms. The van der Waals surface area contributed by atoms with Gasteiger partial charge in [-0.25, -0.2) is 0 Å². The zero-order chi connectivity index (χ0) is 26.9. The van der Waals surface area contributed by atoms with Gasteiger partial charge in [0.25, 0.3) is 0 Å². The number of amides is 4. The third-order valence-electron chi connectivity index (χ3n) is 7.19. The van der Waals surface area contributed by atoms with Crippen LogP contribution in [0, 0.1) is 0 Å². The van der Waals surface area contributed by atoms with Crippen LogP contribution in [0.15, 0.2) is 73.3 Å². The van der Waals surface area contributed by atoms with Crippen LogP contribution in [0.25, 0.3) is 0 Å². The first kappa shape index (κ1) is 27.1. The molecule has 2 aromatic rings. The summed E-state index contributed by atoms with van der Waals surface area (Å²) in [6.45, 7) is 4.16. The van der Waals surface area contributed by atoms with Crippen molar-refractivity contribution in [1.29, 1.82) is 0 Å². The molecule has 4 atom stereocenters. The first-order valence-electron chi connectivity index (χ1n) is 13.4. The Balaban J connectivity index is 1.66. The number of carbonyl (C=O) groups excluding carboxylic acids is 4. The molecule has 4 rings (SSSR count). The SMILES string of the molecule is C=CCCC[C@@H]1NC(=O)[C@H]2CCCN2C(=O)[C@H](Cc2ccccc2)NC(=O)[C@H](Cc2ccccc2)NC1=O. The lowest BCUT2D eigenvalue weighted by Gasteiger charge is -2.32. The van der Waals surface area contributed by atoms with E-state index < -0.39 is 36.0 Å². The van der Waals surface area contributed by atoms with E-state index in [9.17, 15) is 19.2 Å². The van der Waals surface area contributed by atoms with Gasteiger partial charge in [0.15, 0.2) is 0 Å². The minimum atomic E-state index is -0.913. The Bertz CT molecular complexity index is 1140. The Morgan fingerprint density at radius 1 is 0.763 bits per heavy atom. The van der Waals surface area contributed by atoms with Crippen LogP contribution < -0.4 is 16.0 Å². The van der Waals surface area contributed by atoms with Gasteiger partial charge in [-0.1, -0.05) is 66.7 Å². The van der Waals surface area contributed by atoms with Crippen molar-refractivity contribution in [3.8, 4) is 0 Å². The van der Waals surface area contributed by atoms with E-state index in [0.29, 0.717) is 38.6 Å². The molecular weight excluding hydrogens is 480 g/mol. The van der Waals surface area contributed by atoms with Gasteiger partial charge in [-0.3, -0.25) is 19.2 Å². The first-order valence-corrected chi connectivity index (χ1v) is 13.4. The van der Waals surface area contributed by atoms with Crippen molar-refractivity contribution >= 4 is 23.6 Å². The predicted octanol–water partition coefficient (Wildman–Crippen LogP) is 2.29. The summed E-state index contributed by atoms with van der Waals surface area (Å²) in [5, 5.41) is 8.69. The summed E-state index contributed by atoms with van der Waals surface area (Å²) < 4.78 is 0. The molecule has 38 heavy (non-hydrogen) atoms. The Labute approximate surface area is 223 Å². The Hall–Kier alpha value is -3.94. The fourth-order valence-electron chi connectivity index (χ4n) is 5.16. The third-order valence-corrected chi connectivity index (χ3v) is 7.19. The van der Waals surface area contributed by atoms with Crippen LogP contribution in [0.2, 0.25) is 0 Å². The van der Waals surface area contributed by atoms with E-state index in [1.165, 1.54) is 0 Å². The topological polar surface area (TPSA) is 108 Å². The van der Waals surface area contributed by atoms with E-state index in [1.807, 2.05) is 60.7 Å². The Morgan fingerprint density at radius 2 is 1.32 bits per heavy atom. The molecule has 8 nitrogen and oxygen atoms in total. The van der Waals surface area contributed by atoms with Gasteiger partial charge in [0.05, 0.1) is 0 Å². The zero-order valence-electron chi connectivity index (χ0n) is 21.6. The monoisotopic (exact) mass is 516 g/mol. The number of rotatable bonds is 8. The molecule has 0 aliphatic carbocycles. The van der Waals surface area contributed by atoms with Crippen molar-refractivity contribution in [1.82, 2.24) is 20.9 Å². The molecule has 0 spiro atoms. The number of allylic oxidation sites excluding steroid dienone is 1. The van der Waals surface area contributed by atoms with Gasteiger partial charge in [-0.15, -0.1) is 6.58 Å². The highest BCUT2D eigenvalue weighted by atomic mass is 16.2. The second kappa shape index (κ2) is 13.0. The van der Waals surface area contributed by atoms with Gasteiger partial charge < -0.3 is 20.9 Å². The van der Waals surface area contributed by atoms with E-state index in [4.69, 9.17) is 0 Å². The van der Waals surface area contributed by atoms with E-state index in [-0.39, 0.29) is 24.7 Å². The third kappa shape index (κ3) is 6.88. The van der Waals surface area contributed by atoms with Crippen molar-refractivity contribution in [3.63, 3.8) is 0 Å². The molecule has 2 aliphatic rings. The van der Waals surface area contributed by atoms with Crippen LogP contribution in [-0.4, -0.2) is 59.2 Å². The van der Waals surface area contributed by atoms with Gasteiger partial charge in [0, 0.05) is 19.4 Å². The van der Waals surface area contributed by atoms with Crippen LogP contribution in [-0.2, 0) is 32.0 Å². The molecule has 4 amide bonds. The molecule has 2 saturated heterocycles. The summed E-state index contributed by atoms with van der Waals surface area (Å²) in [7, 11) is 0. The zero-order valence-corrected chi connectivity index (χ0v) is 21.6. The van der Waals surface area contributed by atoms with Crippen LogP contribution in [0.3, 0.4) is 0 Å². The van der Waals surface area contributed by atoms with E-state index in [2.05, 4.69) is 22.5 Å². The van der Waals surface area contributed by atoms with Crippen molar-refractivity contribution in [2.75, 3.05) is 6.54 Å². The summed E-state index contributed by atoms with van der Waals surface area (Å²) in [4.78, 5) is 55.8. The number of fused-ring (bicyclic) bond motifs is 1. The quantitative estimate of drug-likeness (QED) is 0.370. The number of hydrogen-bond acceptors (Lipinski definition) is 4. The Kier molecular flexibility index (Phi) is 9.30. The van der Waals surface area contributed by atoms with Crippen molar-refractivity contribution < 1.29 is 19.2 Å². The summed E-state index contributed by atoms with van der Waals surface area (Å²) in [6.07, 6.45) is 5.26. The lowest BCUT2D eigenvalue weighted by Crippen LogP contribution is -2.61. The molecule has 2 aliphatic heterocycles. The lowest BCUT2D eigenvalue weighted by molar-refractivity contribution is -0.143. The molecule has 2 heterocycles. The fourth-order valence-corrected chi connectivity index (χ4v) is 5.16.